The first-order valence-corrected chi connectivity index (χ1v) is 9.93. The predicted octanol–water partition coefficient (Wildman–Crippen LogP) is 4.84. The summed E-state index contributed by atoms with van der Waals surface area (Å²) < 4.78 is 5.42. The molecule has 3 aromatic rings. The Bertz CT molecular complexity index is 1020. The minimum absolute atomic E-state index is 0.284. The molecule has 2 aromatic carbocycles. The summed E-state index contributed by atoms with van der Waals surface area (Å²) in [4.78, 5) is 21.3. The normalized spacial score (nSPS) is 11.1. The second-order valence-electron chi connectivity index (χ2n) is 6.53. The molecule has 0 saturated carbocycles. The van der Waals surface area contributed by atoms with Gasteiger partial charge < -0.3 is 10.1 Å². The van der Waals surface area contributed by atoms with Crippen LogP contribution in [-0.2, 0) is 6.54 Å². The first-order chi connectivity index (χ1) is 14.5. The number of ether oxygens (including phenoxy) is 1. The standard InChI is InChI=1S/C23H23ClN4O2/c1-3-30-20-10-7-18(8-11-20)22(29)28-23(26-15-17-5-4-12-25-14-17)27-19-9-6-16(2)21(24)13-19/h4-14H,3,15H2,1-2H3,(H2,26,27,28,29). The van der Waals surface area contributed by atoms with Gasteiger partial charge in [0, 0.05) is 28.7 Å². The van der Waals surface area contributed by atoms with Crippen molar-refractivity contribution in [3.63, 3.8) is 0 Å². The monoisotopic (exact) mass is 422 g/mol. The zero-order chi connectivity index (χ0) is 21.3. The number of guanidine groups is 1. The number of aryl methyl sites for hydroxylation is 1. The number of benzene rings is 2. The number of hydrogen-bond donors (Lipinski definition) is 2. The number of amides is 1. The summed E-state index contributed by atoms with van der Waals surface area (Å²) in [5, 5.41) is 6.60. The fraction of sp³-hybridized carbons (Fsp3) is 0.174. The third-order valence-electron chi connectivity index (χ3n) is 4.24. The molecule has 0 atom stereocenters. The van der Waals surface area contributed by atoms with Gasteiger partial charge in [0.25, 0.3) is 5.91 Å². The van der Waals surface area contributed by atoms with Crippen LogP contribution in [0.1, 0.15) is 28.4 Å². The lowest BCUT2D eigenvalue weighted by Crippen LogP contribution is -2.36. The number of carbonyl (C=O) groups is 1. The van der Waals surface area contributed by atoms with Crippen LogP contribution in [0.25, 0.3) is 0 Å². The molecule has 0 spiro atoms. The third-order valence-corrected chi connectivity index (χ3v) is 4.64. The Morgan fingerprint density at radius 1 is 1.17 bits per heavy atom. The first-order valence-electron chi connectivity index (χ1n) is 9.56. The zero-order valence-electron chi connectivity index (χ0n) is 16.9. The van der Waals surface area contributed by atoms with E-state index in [0.29, 0.717) is 35.4 Å². The molecule has 0 saturated heterocycles. The number of aromatic nitrogens is 1. The van der Waals surface area contributed by atoms with Gasteiger partial charge in [-0.3, -0.25) is 15.1 Å². The van der Waals surface area contributed by atoms with Gasteiger partial charge in [0.1, 0.15) is 5.75 Å². The van der Waals surface area contributed by atoms with E-state index >= 15 is 0 Å². The number of hydrogen-bond acceptors (Lipinski definition) is 4. The van der Waals surface area contributed by atoms with Crippen LogP contribution in [0.5, 0.6) is 5.75 Å². The SMILES string of the molecule is CCOc1ccc(C(=O)NC(=NCc2cccnc2)Nc2ccc(C)c(Cl)c2)cc1. The molecule has 0 fully saturated rings. The average Bonchev–Trinajstić information content (AvgIpc) is 2.76. The van der Waals surface area contributed by atoms with E-state index in [2.05, 4.69) is 20.6 Å². The minimum atomic E-state index is -0.284. The van der Waals surface area contributed by atoms with Crippen molar-refractivity contribution in [1.29, 1.82) is 0 Å². The zero-order valence-corrected chi connectivity index (χ0v) is 17.6. The van der Waals surface area contributed by atoms with E-state index in [-0.39, 0.29) is 5.91 Å². The Kier molecular flexibility index (Phi) is 7.40. The van der Waals surface area contributed by atoms with Gasteiger partial charge in [0.05, 0.1) is 13.2 Å². The van der Waals surface area contributed by atoms with Crippen molar-refractivity contribution in [2.24, 2.45) is 4.99 Å². The third kappa shape index (κ3) is 6.06. The van der Waals surface area contributed by atoms with Crippen LogP contribution in [0.2, 0.25) is 5.02 Å². The Morgan fingerprint density at radius 2 is 1.97 bits per heavy atom. The number of aliphatic imine (C=N–C) groups is 1. The van der Waals surface area contributed by atoms with Crippen molar-refractivity contribution < 1.29 is 9.53 Å². The molecule has 1 aromatic heterocycles. The molecule has 6 nitrogen and oxygen atoms in total. The van der Waals surface area contributed by atoms with Crippen LogP contribution < -0.4 is 15.4 Å². The van der Waals surface area contributed by atoms with Gasteiger partial charge in [-0.25, -0.2) is 4.99 Å². The summed E-state index contributed by atoms with van der Waals surface area (Å²) in [6, 6.07) is 16.3. The van der Waals surface area contributed by atoms with E-state index in [4.69, 9.17) is 16.3 Å². The maximum atomic E-state index is 12.7. The molecule has 0 aliphatic heterocycles. The van der Waals surface area contributed by atoms with Gasteiger partial charge in [-0.05, 0) is 67.4 Å². The molecule has 0 aliphatic carbocycles. The molecule has 1 amide bonds. The quantitative estimate of drug-likeness (QED) is 0.440. The van der Waals surface area contributed by atoms with E-state index in [1.807, 2.05) is 38.1 Å². The highest BCUT2D eigenvalue weighted by molar-refractivity contribution is 6.31. The van der Waals surface area contributed by atoms with Crippen LogP contribution in [0, 0.1) is 6.92 Å². The molecule has 0 unspecified atom stereocenters. The Labute approximate surface area is 181 Å². The van der Waals surface area contributed by atoms with Crippen molar-refractivity contribution in [2.45, 2.75) is 20.4 Å². The summed E-state index contributed by atoms with van der Waals surface area (Å²) in [6.45, 7) is 4.77. The summed E-state index contributed by atoms with van der Waals surface area (Å²) in [5.41, 5.74) is 3.11. The number of halogens is 1. The van der Waals surface area contributed by atoms with Gasteiger partial charge >= 0.3 is 0 Å². The second-order valence-corrected chi connectivity index (χ2v) is 6.93. The van der Waals surface area contributed by atoms with Gasteiger partial charge in [-0.15, -0.1) is 0 Å². The molecule has 30 heavy (non-hydrogen) atoms. The van der Waals surface area contributed by atoms with E-state index < -0.39 is 0 Å². The smallest absolute Gasteiger partial charge is 0.257 e. The Hall–Kier alpha value is -3.38. The van der Waals surface area contributed by atoms with Crippen molar-refractivity contribution in [2.75, 3.05) is 11.9 Å². The number of anilines is 1. The number of pyridine rings is 1. The molecule has 0 radical (unpaired) electrons. The average molecular weight is 423 g/mol. The number of rotatable bonds is 6. The summed E-state index contributed by atoms with van der Waals surface area (Å²) in [5.74, 6) is 0.748. The minimum Gasteiger partial charge on any atom is -0.494 e. The van der Waals surface area contributed by atoms with Gasteiger partial charge in [0.15, 0.2) is 0 Å². The maximum Gasteiger partial charge on any atom is 0.257 e. The summed E-state index contributed by atoms with van der Waals surface area (Å²) in [7, 11) is 0. The van der Waals surface area contributed by atoms with Gasteiger partial charge in [-0.1, -0.05) is 23.7 Å². The highest BCUT2D eigenvalue weighted by atomic mass is 35.5. The molecular formula is C23H23ClN4O2. The van der Waals surface area contributed by atoms with Crippen molar-refractivity contribution in [3.8, 4) is 5.75 Å². The van der Waals surface area contributed by atoms with Crippen LogP contribution in [-0.4, -0.2) is 23.5 Å². The van der Waals surface area contributed by atoms with Crippen LogP contribution in [0.4, 0.5) is 5.69 Å². The Morgan fingerprint density at radius 3 is 2.63 bits per heavy atom. The Balaban J connectivity index is 1.78. The van der Waals surface area contributed by atoms with E-state index in [1.165, 1.54) is 0 Å². The van der Waals surface area contributed by atoms with Crippen LogP contribution in [0.15, 0.2) is 72.0 Å². The van der Waals surface area contributed by atoms with E-state index in [1.54, 1.807) is 42.7 Å². The van der Waals surface area contributed by atoms with Gasteiger partial charge in [0.2, 0.25) is 5.96 Å². The number of nitrogens with zero attached hydrogens (tertiary/aromatic N) is 2. The number of carbonyl (C=O) groups excluding carboxylic acids is 1. The highest BCUT2D eigenvalue weighted by Crippen LogP contribution is 2.20. The van der Waals surface area contributed by atoms with Crippen molar-refractivity contribution in [1.82, 2.24) is 10.3 Å². The van der Waals surface area contributed by atoms with Crippen LogP contribution >= 0.6 is 11.6 Å². The summed E-state index contributed by atoms with van der Waals surface area (Å²) >= 11 is 6.23. The molecule has 3 rings (SSSR count). The van der Waals surface area contributed by atoms with Crippen molar-refractivity contribution >= 4 is 29.2 Å². The largest absolute Gasteiger partial charge is 0.494 e. The molecule has 2 N–H and O–H groups in total. The highest BCUT2D eigenvalue weighted by Gasteiger charge is 2.10. The molecular weight excluding hydrogens is 400 g/mol. The number of nitrogens with one attached hydrogen (secondary N) is 2. The van der Waals surface area contributed by atoms with Gasteiger partial charge in [-0.2, -0.15) is 0 Å². The summed E-state index contributed by atoms with van der Waals surface area (Å²) in [6.07, 6.45) is 3.44. The second kappa shape index (κ2) is 10.4. The maximum absolute atomic E-state index is 12.7. The molecule has 7 heteroatoms. The topological polar surface area (TPSA) is 75.6 Å². The molecule has 0 aliphatic rings. The van der Waals surface area contributed by atoms with Crippen LogP contribution in [0.3, 0.4) is 0 Å². The predicted molar refractivity (Wildman–Crippen MR) is 120 cm³/mol. The lowest BCUT2D eigenvalue weighted by atomic mass is 10.2. The molecule has 0 bridgehead atoms. The fourth-order valence-electron chi connectivity index (χ4n) is 2.63. The lowest BCUT2D eigenvalue weighted by molar-refractivity contribution is 0.0977. The van der Waals surface area contributed by atoms with E-state index in [0.717, 1.165) is 16.8 Å². The lowest BCUT2D eigenvalue weighted by Gasteiger charge is -2.13. The molecule has 1 heterocycles. The molecule has 154 valence electrons. The van der Waals surface area contributed by atoms with Crippen molar-refractivity contribution in [3.05, 3.63) is 88.7 Å². The fourth-order valence-corrected chi connectivity index (χ4v) is 2.81. The first kappa shape index (κ1) is 21.3. The van der Waals surface area contributed by atoms with E-state index in [9.17, 15) is 4.79 Å².